The molecule has 1 heterocycles. The van der Waals surface area contributed by atoms with Crippen LogP contribution in [0.2, 0.25) is 0 Å². The van der Waals surface area contributed by atoms with Crippen molar-refractivity contribution >= 4 is 21.4 Å². The van der Waals surface area contributed by atoms with Gasteiger partial charge in [-0.05, 0) is 31.2 Å². The number of hydrogen-bond acceptors (Lipinski definition) is 6. The third-order valence-corrected chi connectivity index (χ3v) is 5.20. The van der Waals surface area contributed by atoms with Gasteiger partial charge in [-0.1, -0.05) is 29.8 Å². The number of nitrogen functional groups attached to an aromatic ring is 1. The zero-order valence-corrected chi connectivity index (χ0v) is 15.5. The van der Waals surface area contributed by atoms with Gasteiger partial charge in [0.15, 0.2) is 15.5 Å². The van der Waals surface area contributed by atoms with Gasteiger partial charge in [0, 0.05) is 11.8 Å². The number of aromatic nitrogens is 2. The highest BCUT2D eigenvalue weighted by Crippen LogP contribution is 2.24. The summed E-state index contributed by atoms with van der Waals surface area (Å²) in [5.41, 5.74) is 7.79. The molecule has 0 bridgehead atoms. The number of carbonyl (C=O) groups excluding carboxylic acids is 1. The summed E-state index contributed by atoms with van der Waals surface area (Å²) >= 11 is 0. The van der Waals surface area contributed by atoms with Crippen LogP contribution in [-0.2, 0) is 9.84 Å². The van der Waals surface area contributed by atoms with Crippen molar-refractivity contribution in [1.82, 2.24) is 9.78 Å². The monoisotopic (exact) mass is 380 g/mol. The van der Waals surface area contributed by atoms with Crippen LogP contribution >= 0.6 is 0 Å². The SMILES string of the molecule is Cc1ccc(C(=O)c2nn(-c3ccc(S(C)(=O)=O)cc3)c(N)c2C#N)cc1. The Morgan fingerprint density at radius 1 is 1.11 bits per heavy atom. The topological polar surface area (TPSA) is 119 Å². The molecule has 7 nitrogen and oxygen atoms in total. The molecule has 2 aromatic carbocycles. The standard InChI is InChI=1S/C19H16N4O3S/c1-12-3-5-13(6-4-12)18(24)17-16(11-20)19(21)23(22-17)14-7-9-15(10-8-14)27(2,25)26/h3-10H,21H2,1-2H3. The number of nitrogens with zero attached hydrogens (tertiary/aromatic N) is 3. The molecule has 0 saturated carbocycles. The molecule has 0 amide bonds. The number of carbonyl (C=O) groups is 1. The second-order valence-corrected chi connectivity index (χ2v) is 8.11. The average molecular weight is 380 g/mol. The average Bonchev–Trinajstić information content (AvgIpc) is 2.97. The molecule has 0 spiro atoms. The minimum atomic E-state index is -3.34. The smallest absolute Gasteiger partial charge is 0.214 e. The number of nitrogens with two attached hydrogens (primary N) is 1. The molecule has 0 unspecified atom stereocenters. The molecule has 0 radical (unpaired) electrons. The third kappa shape index (κ3) is 3.45. The Hall–Kier alpha value is -3.44. The molecule has 136 valence electrons. The van der Waals surface area contributed by atoms with E-state index >= 15 is 0 Å². The van der Waals surface area contributed by atoms with Crippen LogP contribution in [0.1, 0.15) is 27.2 Å². The quantitative estimate of drug-likeness (QED) is 0.694. The molecule has 0 atom stereocenters. The molecule has 1 aromatic heterocycles. The van der Waals surface area contributed by atoms with Crippen molar-refractivity contribution in [3.8, 4) is 11.8 Å². The van der Waals surface area contributed by atoms with Crippen molar-refractivity contribution in [2.24, 2.45) is 0 Å². The predicted molar refractivity (Wildman–Crippen MR) is 100 cm³/mol. The van der Waals surface area contributed by atoms with Crippen LogP contribution in [0.3, 0.4) is 0 Å². The highest BCUT2D eigenvalue weighted by molar-refractivity contribution is 7.90. The summed E-state index contributed by atoms with van der Waals surface area (Å²) in [6.45, 7) is 1.90. The molecule has 0 fully saturated rings. The molecular formula is C19H16N4O3S. The zero-order chi connectivity index (χ0) is 19.8. The van der Waals surface area contributed by atoms with Gasteiger partial charge in [0.1, 0.15) is 17.5 Å². The van der Waals surface area contributed by atoms with Gasteiger partial charge in [-0.2, -0.15) is 10.4 Å². The Morgan fingerprint density at radius 3 is 2.22 bits per heavy atom. The number of hydrogen-bond donors (Lipinski definition) is 1. The van der Waals surface area contributed by atoms with E-state index in [1.807, 2.05) is 13.0 Å². The van der Waals surface area contributed by atoms with Gasteiger partial charge in [-0.15, -0.1) is 0 Å². The van der Waals surface area contributed by atoms with Crippen molar-refractivity contribution in [2.75, 3.05) is 12.0 Å². The van der Waals surface area contributed by atoms with Gasteiger partial charge >= 0.3 is 0 Å². The number of sulfone groups is 1. The number of ketones is 1. The van der Waals surface area contributed by atoms with Crippen LogP contribution < -0.4 is 5.73 Å². The molecule has 8 heteroatoms. The van der Waals surface area contributed by atoms with Crippen molar-refractivity contribution < 1.29 is 13.2 Å². The van der Waals surface area contributed by atoms with Crippen LogP contribution in [0.5, 0.6) is 0 Å². The van der Waals surface area contributed by atoms with E-state index in [1.54, 1.807) is 24.3 Å². The Kier molecular flexibility index (Phi) is 4.56. The van der Waals surface area contributed by atoms with E-state index in [9.17, 15) is 18.5 Å². The lowest BCUT2D eigenvalue weighted by Crippen LogP contribution is -2.06. The normalized spacial score (nSPS) is 11.1. The van der Waals surface area contributed by atoms with Crippen molar-refractivity contribution in [3.05, 3.63) is 70.9 Å². The Balaban J connectivity index is 2.08. The first kappa shape index (κ1) is 18.4. The van der Waals surface area contributed by atoms with E-state index in [0.717, 1.165) is 11.8 Å². The number of rotatable bonds is 4. The molecule has 0 aliphatic carbocycles. The van der Waals surface area contributed by atoms with E-state index in [0.29, 0.717) is 11.3 Å². The van der Waals surface area contributed by atoms with Crippen molar-refractivity contribution in [3.63, 3.8) is 0 Å². The van der Waals surface area contributed by atoms with Gasteiger partial charge in [0.05, 0.1) is 10.6 Å². The number of anilines is 1. The molecule has 0 aliphatic heterocycles. The third-order valence-electron chi connectivity index (χ3n) is 4.07. The van der Waals surface area contributed by atoms with Crippen LogP contribution in [0, 0.1) is 18.3 Å². The van der Waals surface area contributed by atoms with Crippen LogP contribution in [0.15, 0.2) is 53.4 Å². The minimum absolute atomic E-state index is 0.0140. The fourth-order valence-electron chi connectivity index (χ4n) is 2.57. The molecule has 0 saturated heterocycles. The van der Waals surface area contributed by atoms with E-state index < -0.39 is 15.6 Å². The van der Waals surface area contributed by atoms with E-state index in [1.165, 1.54) is 28.9 Å². The molecule has 27 heavy (non-hydrogen) atoms. The lowest BCUT2D eigenvalue weighted by molar-refractivity contribution is 0.103. The fraction of sp³-hybridized carbons (Fsp3) is 0.105. The second kappa shape index (κ2) is 6.70. The van der Waals surface area contributed by atoms with Crippen LogP contribution in [0.4, 0.5) is 5.82 Å². The summed E-state index contributed by atoms with van der Waals surface area (Å²) in [7, 11) is -3.34. The highest BCUT2D eigenvalue weighted by Gasteiger charge is 2.23. The number of benzene rings is 2. The summed E-state index contributed by atoms with van der Waals surface area (Å²) in [6.07, 6.45) is 1.11. The zero-order valence-electron chi connectivity index (χ0n) is 14.7. The van der Waals surface area contributed by atoms with Crippen molar-refractivity contribution in [1.29, 1.82) is 5.26 Å². The number of aryl methyl sites for hydroxylation is 1. The maximum Gasteiger partial charge on any atom is 0.214 e. The molecule has 3 aromatic rings. The molecule has 0 aliphatic rings. The van der Waals surface area contributed by atoms with Gasteiger partial charge < -0.3 is 5.73 Å². The molecule has 2 N–H and O–H groups in total. The van der Waals surface area contributed by atoms with Gasteiger partial charge in [0.25, 0.3) is 0 Å². The van der Waals surface area contributed by atoms with E-state index in [-0.39, 0.29) is 22.0 Å². The minimum Gasteiger partial charge on any atom is -0.382 e. The van der Waals surface area contributed by atoms with E-state index in [2.05, 4.69) is 5.10 Å². The first-order valence-electron chi connectivity index (χ1n) is 7.93. The van der Waals surface area contributed by atoms with E-state index in [4.69, 9.17) is 5.73 Å². The first-order valence-corrected chi connectivity index (χ1v) is 9.82. The van der Waals surface area contributed by atoms with Gasteiger partial charge in [-0.3, -0.25) is 4.79 Å². The maximum atomic E-state index is 12.8. The highest BCUT2D eigenvalue weighted by atomic mass is 32.2. The summed E-state index contributed by atoms with van der Waals surface area (Å²) in [5.74, 6) is -0.398. The lowest BCUT2D eigenvalue weighted by atomic mass is 10.0. The Bertz CT molecular complexity index is 1170. The summed E-state index contributed by atoms with van der Waals surface area (Å²) < 4.78 is 24.4. The second-order valence-electron chi connectivity index (χ2n) is 6.09. The lowest BCUT2D eigenvalue weighted by Gasteiger charge is -2.05. The fourth-order valence-corrected chi connectivity index (χ4v) is 3.20. The van der Waals surface area contributed by atoms with Crippen LogP contribution in [0.25, 0.3) is 5.69 Å². The summed E-state index contributed by atoms with van der Waals surface area (Å²) in [5, 5.41) is 13.6. The van der Waals surface area contributed by atoms with Crippen molar-refractivity contribution in [2.45, 2.75) is 11.8 Å². The number of nitriles is 1. The molecule has 3 rings (SSSR count). The predicted octanol–water partition coefficient (Wildman–Crippen LogP) is 2.27. The molecular weight excluding hydrogens is 364 g/mol. The van der Waals surface area contributed by atoms with Gasteiger partial charge in [0.2, 0.25) is 5.78 Å². The summed E-state index contributed by atoms with van der Waals surface area (Å²) in [4.78, 5) is 12.9. The Labute approximate surface area is 156 Å². The first-order chi connectivity index (χ1) is 12.7. The largest absolute Gasteiger partial charge is 0.382 e. The summed E-state index contributed by atoms with van der Waals surface area (Å²) in [6, 6.07) is 14.7. The Morgan fingerprint density at radius 2 is 1.70 bits per heavy atom. The van der Waals surface area contributed by atoms with Crippen LogP contribution in [-0.4, -0.2) is 30.2 Å². The maximum absolute atomic E-state index is 12.8. The van der Waals surface area contributed by atoms with Gasteiger partial charge in [-0.25, -0.2) is 13.1 Å².